The Hall–Kier alpha value is -2.47. The molecule has 2 unspecified atom stereocenters. The Morgan fingerprint density at radius 2 is 2.04 bits per heavy atom. The van der Waals surface area contributed by atoms with Crippen molar-refractivity contribution >= 4 is 11.4 Å². The van der Waals surface area contributed by atoms with Gasteiger partial charge in [0.1, 0.15) is 0 Å². The largest absolute Gasteiger partial charge is 0.381 e. The minimum absolute atomic E-state index is 0.189. The first-order valence-corrected chi connectivity index (χ1v) is 8.01. The molecular weight excluding hydrogens is 309 g/mol. The molecule has 6 heteroatoms. The van der Waals surface area contributed by atoms with Crippen LogP contribution in [0, 0.1) is 15.9 Å². The molecule has 0 saturated carbocycles. The van der Waals surface area contributed by atoms with Gasteiger partial charge in [-0.15, -0.1) is 0 Å². The highest BCUT2D eigenvalue weighted by atomic mass is 19.1. The maximum Gasteiger partial charge on any atom is 0.306 e. The summed E-state index contributed by atoms with van der Waals surface area (Å²) in [4.78, 5) is 12.5. The monoisotopic (exact) mass is 329 g/mol. The van der Waals surface area contributed by atoms with Crippen LogP contribution in [0.5, 0.6) is 0 Å². The number of nitro groups is 1. The summed E-state index contributed by atoms with van der Waals surface area (Å²) in [6, 6.07) is 14.8. The summed E-state index contributed by atoms with van der Waals surface area (Å²) in [6.45, 7) is 3.91. The molecule has 1 heterocycles. The van der Waals surface area contributed by atoms with Crippen molar-refractivity contribution in [3.05, 3.63) is 70.0 Å². The Labute approximate surface area is 140 Å². The Morgan fingerprint density at radius 3 is 2.75 bits per heavy atom. The van der Waals surface area contributed by atoms with Gasteiger partial charge in [0, 0.05) is 36.9 Å². The summed E-state index contributed by atoms with van der Waals surface area (Å²) in [5.41, 5.74) is 1.36. The smallest absolute Gasteiger partial charge is 0.306 e. The molecule has 24 heavy (non-hydrogen) atoms. The summed E-state index contributed by atoms with van der Waals surface area (Å²) < 4.78 is 13.4. The van der Waals surface area contributed by atoms with Crippen LogP contribution < -0.4 is 5.32 Å². The number of nitrogens with one attached hydrogen (secondary N) is 1. The number of rotatable bonds is 5. The maximum atomic E-state index is 13.4. The Kier molecular flexibility index (Phi) is 4.76. The first-order valence-electron chi connectivity index (χ1n) is 8.01. The van der Waals surface area contributed by atoms with Crippen LogP contribution in [0.1, 0.15) is 18.9 Å². The number of benzene rings is 2. The van der Waals surface area contributed by atoms with E-state index in [2.05, 4.69) is 29.3 Å². The van der Waals surface area contributed by atoms with Crippen LogP contribution >= 0.6 is 0 Å². The third-order valence-corrected chi connectivity index (χ3v) is 4.45. The van der Waals surface area contributed by atoms with Crippen molar-refractivity contribution in [2.75, 3.05) is 11.9 Å². The van der Waals surface area contributed by atoms with Gasteiger partial charge >= 0.3 is 5.69 Å². The quantitative estimate of drug-likeness (QED) is 0.669. The van der Waals surface area contributed by atoms with E-state index in [-0.39, 0.29) is 6.04 Å². The lowest BCUT2D eigenvalue weighted by Crippen LogP contribution is -2.28. The predicted molar refractivity (Wildman–Crippen MR) is 91.4 cm³/mol. The van der Waals surface area contributed by atoms with Gasteiger partial charge in [-0.3, -0.25) is 15.0 Å². The highest BCUT2D eigenvalue weighted by molar-refractivity contribution is 5.52. The average Bonchev–Trinajstić information content (AvgIpc) is 2.89. The highest BCUT2D eigenvalue weighted by Crippen LogP contribution is 2.26. The van der Waals surface area contributed by atoms with Gasteiger partial charge in [0.2, 0.25) is 5.82 Å². The first kappa shape index (κ1) is 16.4. The molecule has 0 aromatic heterocycles. The van der Waals surface area contributed by atoms with E-state index in [0.717, 1.165) is 25.6 Å². The minimum Gasteiger partial charge on any atom is -0.381 e. The maximum absolute atomic E-state index is 13.4. The predicted octanol–water partition coefficient (Wildman–Crippen LogP) is 3.81. The summed E-state index contributed by atoms with van der Waals surface area (Å²) in [6.07, 6.45) is 0.942. The molecule has 0 aliphatic carbocycles. The second kappa shape index (κ2) is 6.97. The van der Waals surface area contributed by atoms with Crippen molar-refractivity contribution in [2.45, 2.75) is 32.0 Å². The number of anilines is 1. The molecule has 2 atom stereocenters. The molecule has 0 spiro atoms. The van der Waals surface area contributed by atoms with E-state index in [1.807, 2.05) is 18.2 Å². The second-order valence-electron chi connectivity index (χ2n) is 6.26. The van der Waals surface area contributed by atoms with E-state index in [0.29, 0.717) is 11.7 Å². The lowest BCUT2D eigenvalue weighted by atomic mass is 10.1. The molecule has 2 aromatic carbocycles. The lowest BCUT2D eigenvalue weighted by Gasteiger charge is -2.21. The molecule has 126 valence electrons. The Balaban J connectivity index is 1.65. The number of nitro benzene ring substituents is 1. The van der Waals surface area contributed by atoms with Gasteiger partial charge in [-0.2, -0.15) is 4.39 Å². The zero-order valence-electron chi connectivity index (χ0n) is 13.5. The van der Waals surface area contributed by atoms with Crippen LogP contribution in [0.25, 0.3) is 0 Å². The van der Waals surface area contributed by atoms with Gasteiger partial charge in [-0.1, -0.05) is 30.3 Å². The fourth-order valence-corrected chi connectivity index (χ4v) is 3.22. The van der Waals surface area contributed by atoms with Gasteiger partial charge in [0.15, 0.2) is 0 Å². The molecule has 3 rings (SSSR count). The van der Waals surface area contributed by atoms with Crippen molar-refractivity contribution in [2.24, 2.45) is 0 Å². The Bertz CT molecular complexity index is 723. The SMILES string of the molecule is CC1CC(Nc2ccc(F)c([N+](=O)[O-])c2)CN1Cc1ccccc1. The zero-order chi connectivity index (χ0) is 17.1. The molecule has 0 radical (unpaired) electrons. The van der Waals surface area contributed by atoms with Crippen molar-refractivity contribution in [1.82, 2.24) is 4.90 Å². The summed E-state index contributed by atoms with van der Waals surface area (Å²) in [5, 5.41) is 14.1. The molecule has 0 amide bonds. The van der Waals surface area contributed by atoms with Gasteiger partial charge in [0.25, 0.3) is 0 Å². The van der Waals surface area contributed by atoms with E-state index in [1.54, 1.807) is 6.07 Å². The van der Waals surface area contributed by atoms with Gasteiger partial charge in [-0.05, 0) is 31.0 Å². The summed E-state index contributed by atoms with van der Waals surface area (Å²) >= 11 is 0. The van der Waals surface area contributed by atoms with Crippen LogP contribution in [-0.4, -0.2) is 28.5 Å². The molecule has 5 nitrogen and oxygen atoms in total. The van der Waals surface area contributed by atoms with E-state index >= 15 is 0 Å². The Morgan fingerprint density at radius 1 is 1.29 bits per heavy atom. The molecule has 1 fully saturated rings. The van der Waals surface area contributed by atoms with Crippen LogP contribution in [0.2, 0.25) is 0 Å². The van der Waals surface area contributed by atoms with Crippen molar-refractivity contribution in [3.8, 4) is 0 Å². The van der Waals surface area contributed by atoms with Crippen LogP contribution in [0.4, 0.5) is 15.8 Å². The van der Waals surface area contributed by atoms with E-state index in [1.165, 1.54) is 11.6 Å². The summed E-state index contributed by atoms with van der Waals surface area (Å²) in [7, 11) is 0. The lowest BCUT2D eigenvalue weighted by molar-refractivity contribution is -0.387. The van der Waals surface area contributed by atoms with Gasteiger partial charge in [0.05, 0.1) is 4.92 Å². The van der Waals surface area contributed by atoms with Crippen molar-refractivity contribution in [1.29, 1.82) is 0 Å². The molecule has 2 aromatic rings. The minimum atomic E-state index is -0.809. The van der Waals surface area contributed by atoms with Gasteiger partial charge < -0.3 is 5.32 Å². The topological polar surface area (TPSA) is 58.4 Å². The first-order chi connectivity index (χ1) is 11.5. The molecule has 1 aliphatic heterocycles. The normalized spacial score (nSPS) is 20.9. The number of hydrogen-bond donors (Lipinski definition) is 1. The average molecular weight is 329 g/mol. The van der Waals surface area contributed by atoms with Crippen LogP contribution in [-0.2, 0) is 6.54 Å². The number of hydrogen-bond acceptors (Lipinski definition) is 4. The fourth-order valence-electron chi connectivity index (χ4n) is 3.22. The van der Waals surface area contributed by atoms with Crippen LogP contribution in [0.15, 0.2) is 48.5 Å². The third-order valence-electron chi connectivity index (χ3n) is 4.45. The van der Waals surface area contributed by atoms with Crippen molar-refractivity contribution in [3.63, 3.8) is 0 Å². The number of nitrogens with zero attached hydrogens (tertiary/aromatic N) is 2. The number of halogens is 1. The molecular formula is C18H20FN3O2. The van der Waals surface area contributed by atoms with E-state index in [9.17, 15) is 14.5 Å². The highest BCUT2D eigenvalue weighted by Gasteiger charge is 2.29. The summed E-state index contributed by atoms with van der Waals surface area (Å²) in [5.74, 6) is -0.809. The zero-order valence-corrected chi connectivity index (χ0v) is 13.5. The third kappa shape index (κ3) is 3.71. The molecule has 1 N–H and O–H groups in total. The van der Waals surface area contributed by atoms with Crippen molar-refractivity contribution < 1.29 is 9.31 Å². The van der Waals surface area contributed by atoms with Crippen LogP contribution in [0.3, 0.4) is 0 Å². The molecule has 0 bridgehead atoms. The second-order valence-corrected chi connectivity index (χ2v) is 6.26. The van der Waals surface area contributed by atoms with Gasteiger partial charge in [-0.25, -0.2) is 0 Å². The molecule has 1 aliphatic rings. The fraction of sp³-hybridized carbons (Fsp3) is 0.333. The number of likely N-dealkylation sites (tertiary alicyclic amines) is 1. The van der Waals surface area contributed by atoms with E-state index in [4.69, 9.17) is 0 Å². The van der Waals surface area contributed by atoms with E-state index < -0.39 is 16.4 Å². The standard InChI is InChI=1S/C18H20FN3O2/c1-13-9-16(12-21(13)11-14-5-3-2-4-6-14)20-15-7-8-17(19)18(10-15)22(23)24/h2-8,10,13,16,20H,9,11-12H2,1H3. The molecule has 1 saturated heterocycles.